The molecular formula is C29H24N2O4S. The van der Waals surface area contributed by atoms with Gasteiger partial charge in [0.2, 0.25) is 0 Å². The largest absolute Gasteiger partial charge is 0.504 e. The molecule has 1 aliphatic heterocycles. The summed E-state index contributed by atoms with van der Waals surface area (Å²) in [7, 11) is 3.15. The van der Waals surface area contributed by atoms with Crippen molar-refractivity contribution >= 4 is 23.1 Å². The molecule has 1 N–H and O–H groups in total. The van der Waals surface area contributed by atoms with Gasteiger partial charge in [-0.3, -0.25) is 9.36 Å². The van der Waals surface area contributed by atoms with E-state index in [1.165, 1.54) is 24.0 Å². The summed E-state index contributed by atoms with van der Waals surface area (Å²) in [5, 5.41) is 9.96. The third-order valence-electron chi connectivity index (χ3n) is 6.78. The minimum atomic E-state index is -0.267. The lowest BCUT2D eigenvalue weighted by molar-refractivity contribution is 0.373. The number of methoxy groups -OCH3 is 2. The van der Waals surface area contributed by atoms with Gasteiger partial charge in [0, 0.05) is 5.56 Å². The van der Waals surface area contributed by atoms with Crippen molar-refractivity contribution in [3.63, 3.8) is 0 Å². The molecule has 1 aliphatic carbocycles. The van der Waals surface area contributed by atoms with Gasteiger partial charge >= 0.3 is 0 Å². The van der Waals surface area contributed by atoms with E-state index in [4.69, 9.17) is 14.5 Å². The highest BCUT2D eigenvalue weighted by molar-refractivity contribution is 7.07. The van der Waals surface area contributed by atoms with Crippen molar-refractivity contribution < 1.29 is 14.6 Å². The first-order valence-electron chi connectivity index (χ1n) is 11.7. The number of nitrogens with zero attached hydrogens (tertiary/aromatic N) is 2. The number of rotatable bonds is 4. The Balaban J connectivity index is 1.61. The molecule has 7 heteroatoms. The fraction of sp³-hybridized carbons (Fsp3) is 0.172. The molecule has 2 aliphatic rings. The van der Waals surface area contributed by atoms with Crippen LogP contribution in [0.15, 0.2) is 82.1 Å². The van der Waals surface area contributed by atoms with Crippen molar-refractivity contribution in [3.8, 4) is 17.2 Å². The zero-order valence-corrected chi connectivity index (χ0v) is 20.7. The smallest absolute Gasteiger partial charge is 0.271 e. The molecule has 36 heavy (non-hydrogen) atoms. The number of aromatic hydroxyl groups is 1. The molecule has 1 aromatic heterocycles. The molecule has 6 rings (SSSR count). The Kier molecular flexibility index (Phi) is 5.49. The normalized spacial score (nSPS) is 16.6. The summed E-state index contributed by atoms with van der Waals surface area (Å²) < 4.78 is 13.1. The van der Waals surface area contributed by atoms with Crippen LogP contribution in [0.1, 0.15) is 34.7 Å². The van der Waals surface area contributed by atoms with Crippen LogP contribution in [0.4, 0.5) is 0 Å². The number of thiazole rings is 1. The Morgan fingerprint density at radius 3 is 2.72 bits per heavy atom. The van der Waals surface area contributed by atoms with Gasteiger partial charge in [-0.1, -0.05) is 53.8 Å². The van der Waals surface area contributed by atoms with Crippen LogP contribution in [0.2, 0.25) is 0 Å². The Labute approximate surface area is 211 Å². The second kappa shape index (κ2) is 8.84. The molecule has 0 fully saturated rings. The van der Waals surface area contributed by atoms with Crippen molar-refractivity contribution in [1.29, 1.82) is 0 Å². The first-order chi connectivity index (χ1) is 17.6. The lowest BCUT2D eigenvalue weighted by Crippen LogP contribution is -2.38. The highest BCUT2D eigenvalue weighted by Gasteiger charge is 2.32. The second-order valence-electron chi connectivity index (χ2n) is 8.82. The van der Waals surface area contributed by atoms with E-state index >= 15 is 0 Å². The van der Waals surface area contributed by atoms with Crippen LogP contribution in [0, 0.1) is 0 Å². The van der Waals surface area contributed by atoms with Gasteiger partial charge in [-0.25, -0.2) is 4.99 Å². The predicted octanol–water partition coefficient (Wildman–Crippen LogP) is 4.04. The van der Waals surface area contributed by atoms with Crippen LogP contribution in [0.25, 0.3) is 11.8 Å². The second-order valence-corrected chi connectivity index (χ2v) is 9.83. The third kappa shape index (κ3) is 3.63. The fourth-order valence-corrected chi connectivity index (χ4v) is 6.07. The van der Waals surface area contributed by atoms with Gasteiger partial charge in [0.25, 0.3) is 5.56 Å². The van der Waals surface area contributed by atoms with E-state index in [1.54, 1.807) is 25.3 Å². The number of phenolic OH excluding ortho intramolecular Hbond substituents is 1. The Bertz CT molecular complexity index is 1710. The van der Waals surface area contributed by atoms with Gasteiger partial charge in [-0.2, -0.15) is 0 Å². The molecule has 2 heterocycles. The van der Waals surface area contributed by atoms with Crippen molar-refractivity contribution in [2.24, 2.45) is 4.99 Å². The highest BCUT2D eigenvalue weighted by atomic mass is 32.1. The fourth-order valence-electron chi connectivity index (χ4n) is 5.07. The number of ether oxygens (including phenoxy) is 2. The molecular weight excluding hydrogens is 472 g/mol. The monoisotopic (exact) mass is 496 g/mol. The van der Waals surface area contributed by atoms with Crippen molar-refractivity contribution in [2.45, 2.75) is 18.9 Å². The molecule has 4 aromatic rings. The standard InChI is InChI=1S/C29H24N2O4S/c1-34-20-8-5-7-19(16-20)27-22-12-11-18-6-3-4-9-21(18)26(22)30-29-31(27)28(33)25(36-29)15-17-10-13-23(32)24(14-17)35-2/h3-10,13-16,27,32H,11-12H2,1-2H3. The van der Waals surface area contributed by atoms with Crippen molar-refractivity contribution in [1.82, 2.24) is 4.57 Å². The van der Waals surface area contributed by atoms with Crippen LogP contribution in [0.3, 0.4) is 0 Å². The zero-order valence-electron chi connectivity index (χ0n) is 19.9. The number of aromatic nitrogens is 1. The van der Waals surface area contributed by atoms with E-state index in [1.807, 2.05) is 41.0 Å². The van der Waals surface area contributed by atoms with Gasteiger partial charge in [0.1, 0.15) is 5.75 Å². The minimum absolute atomic E-state index is 0.0560. The van der Waals surface area contributed by atoms with E-state index in [9.17, 15) is 9.90 Å². The topological polar surface area (TPSA) is 73.1 Å². The lowest BCUT2D eigenvalue weighted by Gasteiger charge is -2.31. The van der Waals surface area contributed by atoms with Gasteiger partial charge in [-0.05, 0) is 65.4 Å². The maximum Gasteiger partial charge on any atom is 0.271 e. The molecule has 6 nitrogen and oxygen atoms in total. The molecule has 0 bridgehead atoms. The molecule has 0 amide bonds. The quantitative estimate of drug-likeness (QED) is 0.463. The Morgan fingerprint density at radius 1 is 1.03 bits per heavy atom. The summed E-state index contributed by atoms with van der Waals surface area (Å²) in [4.78, 5) is 19.6. The van der Waals surface area contributed by atoms with Crippen LogP contribution in [-0.4, -0.2) is 23.9 Å². The van der Waals surface area contributed by atoms with Gasteiger partial charge in [0.15, 0.2) is 16.3 Å². The summed E-state index contributed by atoms with van der Waals surface area (Å²) in [6.07, 6.45) is 3.56. The molecule has 3 aromatic carbocycles. The zero-order chi connectivity index (χ0) is 24.8. The summed E-state index contributed by atoms with van der Waals surface area (Å²) in [5.41, 5.74) is 6.18. The van der Waals surface area contributed by atoms with Crippen molar-refractivity contribution in [2.75, 3.05) is 14.2 Å². The first-order valence-corrected chi connectivity index (χ1v) is 12.5. The number of benzene rings is 3. The van der Waals surface area contributed by atoms with Crippen LogP contribution >= 0.6 is 11.3 Å². The summed E-state index contributed by atoms with van der Waals surface area (Å²) in [5.74, 6) is 1.17. The van der Waals surface area contributed by atoms with Gasteiger partial charge < -0.3 is 14.6 Å². The molecule has 1 atom stereocenters. The highest BCUT2D eigenvalue weighted by Crippen LogP contribution is 2.41. The van der Waals surface area contributed by atoms with E-state index in [2.05, 4.69) is 18.2 Å². The summed E-state index contributed by atoms with van der Waals surface area (Å²) in [6.45, 7) is 0. The maximum atomic E-state index is 13.8. The Hall–Kier alpha value is -4.10. The SMILES string of the molecule is COc1cccc(C2C3=C(N=c4sc(=Cc5ccc(O)c(OC)c5)c(=O)n42)c2ccccc2CC3)c1. The van der Waals surface area contributed by atoms with Crippen LogP contribution < -0.4 is 24.4 Å². The number of aryl methyl sites for hydroxylation is 1. The third-order valence-corrected chi connectivity index (χ3v) is 7.77. The number of hydrogen-bond donors (Lipinski definition) is 1. The number of hydrogen-bond acceptors (Lipinski definition) is 6. The van der Waals surface area contributed by atoms with Crippen molar-refractivity contribution in [3.05, 3.63) is 114 Å². The average molecular weight is 497 g/mol. The first kappa shape index (κ1) is 22.4. The molecule has 0 spiro atoms. The van der Waals surface area contributed by atoms with Crippen LogP contribution in [0.5, 0.6) is 17.2 Å². The van der Waals surface area contributed by atoms with Crippen LogP contribution in [-0.2, 0) is 6.42 Å². The number of allylic oxidation sites excluding steroid dienone is 1. The molecule has 0 saturated carbocycles. The summed E-state index contributed by atoms with van der Waals surface area (Å²) in [6, 6.07) is 21.1. The molecule has 0 radical (unpaired) electrons. The average Bonchev–Trinajstić information content (AvgIpc) is 3.22. The van der Waals surface area contributed by atoms with Gasteiger partial charge in [-0.15, -0.1) is 0 Å². The van der Waals surface area contributed by atoms with E-state index < -0.39 is 0 Å². The number of phenols is 1. The number of fused-ring (bicyclic) bond motifs is 3. The van der Waals surface area contributed by atoms with E-state index in [0.717, 1.165) is 46.6 Å². The summed E-state index contributed by atoms with van der Waals surface area (Å²) >= 11 is 1.37. The predicted molar refractivity (Wildman–Crippen MR) is 140 cm³/mol. The molecule has 180 valence electrons. The molecule has 0 saturated heterocycles. The van der Waals surface area contributed by atoms with Gasteiger partial charge in [0.05, 0.1) is 30.5 Å². The maximum absolute atomic E-state index is 13.8. The minimum Gasteiger partial charge on any atom is -0.504 e. The Morgan fingerprint density at radius 2 is 1.89 bits per heavy atom. The van der Waals surface area contributed by atoms with E-state index in [0.29, 0.717) is 15.1 Å². The molecule has 1 unspecified atom stereocenters. The van der Waals surface area contributed by atoms with E-state index in [-0.39, 0.29) is 17.4 Å². The lowest BCUT2D eigenvalue weighted by atomic mass is 9.83.